The van der Waals surface area contributed by atoms with Crippen molar-refractivity contribution in [2.24, 2.45) is 5.73 Å². The molecule has 5 nitrogen and oxygen atoms in total. The van der Waals surface area contributed by atoms with Crippen LogP contribution in [0.2, 0.25) is 0 Å². The first-order valence-corrected chi connectivity index (χ1v) is 6.91. The average molecular weight is 328 g/mol. The summed E-state index contributed by atoms with van der Waals surface area (Å²) >= 11 is 3.33. The number of benzene rings is 1. The summed E-state index contributed by atoms with van der Waals surface area (Å²) in [4.78, 5) is 22.1. The number of amides is 2. The zero-order chi connectivity index (χ0) is 14.1. The summed E-state index contributed by atoms with van der Waals surface area (Å²) in [6.07, 6.45) is 1.97. The van der Waals surface area contributed by atoms with Gasteiger partial charge in [-0.25, -0.2) is 0 Å². The highest BCUT2D eigenvalue weighted by Gasteiger charge is 2.01. The first-order valence-electron chi connectivity index (χ1n) is 6.12. The van der Waals surface area contributed by atoms with Crippen LogP contribution < -0.4 is 16.4 Å². The number of hydrogen-bond acceptors (Lipinski definition) is 3. The second-order valence-electron chi connectivity index (χ2n) is 4.16. The molecule has 0 bridgehead atoms. The summed E-state index contributed by atoms with van der Waals surface area (Å²) in [5, 5.41) is 5.80. The minimum absolute atomic E-state index is 0.0859. The van der Waals surface area contributed by atoms with E-state index in [1.165, 1.54) is 0 Å². The van der Waals surface area contributed by atoms with Gasteiger partial charge in [-0.2, -0.15) is 0 Å². The lowest BCUT2D eigenvalue weighted by Gasteiger charge is -2.06. The van der Waals surface area contributed by atoms with Crippen LogP contribution in [-0.4, -0.2) is 24.9 Å². The van der Waals surface area contributed by atoms with Gasteiger partial charge in [-0.1, -0.05) is 15.9 Å². The average Bonchev–Trinajstić information content (AvgIpc) is 2.36. The van der Waals surface area contributed by atoms with E-state index in [0.717, 1.165) is 23.0 Å². The van der Waals surface area contributed by atoms with Gasteiger partial charge in [0.1, 0.15) is 0 Å². The molecule has 2 amide bonds. The number of halogens is 1. The number of hydrogen-bond donors (Lipinski definition) is 3. The molecule has 1 aromatic rings. The lowest BCUT2D eigenvalue weighted by atomic mass is 10.2. The third-order valence-electron chi connectivity index (χ3n) is 2.44. The van der Waals surface area contributed by atoms with Crippen molar-refractivity contribution in [2.45, 2.75) is 19.3 Å². The van der Waals surface area contributed by atoms with E-state index in [1.807, 2.05) is 24.3 Å². The predicted octanol–water partition coefficient (Wildman–Crippen LogP) is 1.63. The number of unbranched alkanes of at least 4 members (excludes halogenated alkanes) is 1. The number of carbonyl (C=O) groups is 2. The van der Waals surface area contributed by atoms with Crippen molar-refractivity contribution in [3.8, 4) is 0 Å². The zero-order valence-electron chi connectivity index (χ0n) is 10.6. The Balaban J connectivity index is 2.11. The molecule has 0 saturated heterocycles. The fraction of sp³-hybridized carbons (Fsp3) is 0.385. The third-order valence-corrected chi connectivity index (χ3v) is 2.97. The van der Waals surface area contributed by atoms with E-state index < -0.39 is 0 Å². The van der Waals surface area contributed by atoms with Gasteiger partial charge in [0, 0.05) is 16.6 Å². The van der Waals surface area contributed by atoms with Crippen LogP contribution in [0.4, 0.5) is 5.69 Å². The van der Waals surface area contributed by atoms with Crippen molar-refractivity contribution in [2.75, 3.05) is 18.4 Å². The number of primary amides is 1. The summed E-state index contributed by atoms with van der Waals surface area (Å²) < 4.78 is 0.970. The molecule has 0 aromatic heterocycles. The maximum atomic E-state index is 11.6. The van der Waals surface area contributed by atoms with Crippen LogP contribution in [0, 0.1) is 0 Å². The van der Waals surface area contributed by atoms with Gasteiger partial charge in [0.15, 0.2) is 0 Å². The zero-order valence-corrected chi connectivity index (χ0v) is 12.2. The molecule has 19 heavy (non-hydrogen) atoms. The number of nitrogens with one attached hydrogen (secondary N) is 2. The van der Waals surface area contributed by atoms with E-state index in [0.29, 0.717) is 13.0 Å². The van der Waals surface area contributed by atoms with E-state index in [-0.39, 0.29) is 18.4 Å². The highest BCUT2D eigenvalue weighted by atomic mass is 79.9. The molecule has 0 unspecified atom stereocenters. The van der Waals surface area contributed by atoms with Crippen molar-refractivity contribution >= 4 is 33.4 Å². The second kappa shape index (κ2) is 8.66. The third kappa shape index (κ3) is 7.58. The van der Waals surface area contributed by atoms with E-state index in [4.69, 9.17) is 5.73 Å². The van der Waals surface area contributed by atoms with Crippen LogP contribution in [0.3, 0.4) is 0 Å². The van der Waals surface area contributed by atoms with Crippen LogP contribution in [0.1, 0.15) is 19.3 Å². The summed E-state index contributed by atoms with van der Waals surface area (Å²) in [7, 11) is 0. The van der Waals surface area contributed by atoms with E-state index >= 15 is 0 Å². The van der Waals surface area contributed by atoms with E-state index in [2.05, 4.69) is 26.6 Å². The van der Waals surface area contributed by atoms with E-state index in [1.54, 1.807) is 0 Å². The number of nitrogens with two attached hydrogens (primary N) is 1. The fourth-order valence-electron chi connectivity index (χ4n) is 1.49. The minimum Gasteiger partial charge on any atom is -0.370 e. The molecule has 0 spiro atoms. The SMILES string of the molecule is NC(=O)CCCCNCC(=O)Nc1ccc(Br)cc1. The van der Waals surface area contributed by atoms with Crippen LogP contribution >= 0.6 is 15.9 Å². The Morgan fingerprint density at radius 1 is 1.16 bits per heavy atom. The summed E-state index contributed by atoms with van der Waals surface area (Å²) in [5.74, 6) is -0.370. The van der Waals surface area contributed by atoms with Gasteiger partial charge in [0.05, 0.1) is 6.54 Å². The van der Waals surface area contributed by atoms with Gasteiger partial charge in [0.25, 0.3) is 0 Å². The monoisotopic (exact) mass is 327 g/mol. The molecule has 0 aliphatic rings. The molecule has 1 aromatic carbocycles. The smallest absolute Gasteiger partial charge is 0.238 e. The highest BCUT2D eigenvalue weighted by Crippen LogP contribution is 2.13. The number of rotatable bonds is 8. The molecular formula is C13H18BrN3O2. The van der Waals surface area contributed by atoms with Gasteiger partial charge in [-0.3, -0.25) is 9.59 Å². The van der Waals surface area contributed by atoms with Crippen LogP contribution in [0.5, 0.6) is 0 Å². The van der Waals surface area contributed by atoms with Gasteiger partial charge in [-0.05, 0) is 43.7 Å². The van der Waals surface area contributed by atoms with Gasteiger partial charge < -0.3 is 16.4 Å². The minimum atomic E-state index is -0.284. The molecule has 0 heterocycles. The Labute approximate surface area is 121 Å². The molecule has 0 aliphatic heterocycles. The molecule has 4 N–H and O–H groups in total. The Bertz CT molecular complexity index is 420. The Kier molecular flexibility index (Phi) is 7.14. The number of anilines is 1. The first kappa shape index (κ1) is 15.7. The van der Waals surface area contributed by atoms with Crippen LogP contribution in [0.25, 0.3) is 0 Å². The van der Waals surface area contributed by atoms with Gasteiger partial charge in [-0.15, -0.1) is 0 Å². The number of carbonyl (C=O) groups excluding carboxylic acids is 2. The molecular weight excluding hydrogens is 310 g/mol. The molecule has 0 atom stereocenters. The van der Waals surface area contributed by atoms with Crippen molar-refractivity contribution in [3.05, 3.63) is 28.7 Å². The molecule has 0 aliphatic carbocycles. The van der Waals surface area contributed by atoms with Gasteiger partial charge in [0.2, 0.25) is 11.8 Å². The van der Waals surface area contributed by atoms with Crippen molar-refractivity contribution < 1.29 is 9.59 Å². The molecule has 1 rings (SSSR count). The van der Waals surface area contributed by atoms with Crippen molar-refractivity contribution in [1.82, 2.24) is 5.32 Å². The summed E-state index contributed by atoms with van der Waals surface area (Å²) in [5.41, 5.74) is 5.79. The second-order valence-corrected chi connectivity index (χ2v) is 5.07. The predicted molar refractivity (Wildman–Crippen MR) is 78.7 cm³/mol. The molecule has 0 radical (unpaired) electrons. The Morgan fingerprint density at radius 2 is 1.84 bits per heavy atom. The van der Waals surface area contributed by atoms with Crippen molar-refractivity contribution in [1.29, 1.82) is 0 Å². The highest BCUT2D eigenvalue weighted by molar-refractivity contribution is 9.10. The van der Waals surface area contributed by atoms with Gasteiger partial charge >= 0.3 is 0 Å². The lowest BCUT2D eigenvalue weighted by molar-refractivity contribution is -0.118. The standard InChI is InChI=1S/C13H18BrN3O2/c14-10-4-6-11(7-5-10)17-13(19)9-16-8-2-1-3-12(15)18/h4-7,16H,1-3,8-9H2,(H2,15,18)(H,17,19). The topological polar surface area (TPSA) is 84.2 Å². The molecule has 6 heteroatoms. The normalized spacial score (nSPS) is 10.2. The quantitative estimate of drug-likeness (QED) is 0.634. The summed E-state index contributed by atoms with van der Waals surface area (Å²) in [6.45, 7) is 0.952. The first-order chi connectivity index (χ1) is 9.08. The van der Waals surface area contributed by atoms with E-state index in [9.17, 15) is 9.59 Å². The maximum Gasteiger partial charge on any atom is 0.238 e. The molecule has 0 fully saturated rings. The van der Waals surface area contributed by atoms with Crippen molar-refractivity contribution in [3.63, 3.8) is 0 Å². The Hall–Kier alpha value is -1.40. The Morgan fingerprint density at radius 3 is 2.47 bits per heavy atom. The molecule has 104 valence electrons. The van der Waals surface area contributed by atoms with Crippen LogP contribution in [-0.2, 0) is 9.59 Å². The lowest BCUT2D eigenvalue weighted by Crippen LogP contribution is -2.28. The summed E-state index contributed by atoms with van der Waals surface area (Å²) in [6, 6.07) is 7.39. The fourth-order valence-corrected chi connectivity index (χ4v) is 1.75. The molecule has 0 saturated carbocycles. The van der Waals surface area contributed by atoms with Crippen LogP contribution in [0.15, 0.2) is 28.7 Å². The maximum absolute atomic E-state index is 11.6. The largest absolute Gasteiger partial charge is 0.370 e.